The van der Waals surface area contributed by atoms with Gasteiger partial charge >= 0.3 is 5.97 Å². The first-order valence-electron chi connectivity index (χ1n) is 22.3. The minimum atomic E-state index is -2.87. The Morgan fingerprint density at radius 1 is 1.04 bits per heavy atom. The number of aromatic nitrogens is 1. The number of allylic oxidation sites excluding steroid dienone is 5. The van der Waals surface area contributed by atoms with E-state index >= 15 is 0 Å². The van der Waals surface area contributed by atoms with Crippen molar-refractivity contribution in [1.29, 1.82) is 0 Å². The van der Waals surface area contributed by atoms with Crippen LogP contribution in [0.1, 0.15) is 132 Å². The van der Waals surface area contributed by atoms with Gasteiger partial charge < -0.3 is 20.1 Å². The third kappa shape index (κ3) is 8.01. The van der Waals surface area contributed by atoms with E-state index in [0.29, 0.717) is 66.3 Å². The number of carbonyl (C=O) groups is 1. The molecule has 2 heterocycles. The van der Waals surface area contributed by atoms with Crippen molar-refractivity contribution in [3.05, 3.63) is 47.0 Å². The maximum atomic E-state index is 12.7. The third-order valence-electron chi connectivity index (χ3n) is 17.5. The third-order valence-corrected chi connectivity index (χ3v) is 19.8. The van der Waals surface area contributed by atoms with Gasteiger partial charge in [-0.2, -0.15) is 0 Å². The lowest BCUT2D eigenvalue weighted by Gasteiger charge is -2.64. The second-order valence-electron chi connectivity index (χ2n) is 21.3. The Morgan fingerprint density at radius 2 is 1.79 bits per heavy atom. The van der Waals surface area contributed by atoms with Crippen molar-refractivity contribution < 1.29 is 23.1 Å². The number of ether oxygens (including phenoxy) is 1. The number of aliphatic carboxylic acids is 1. The van der Waals surface area contributed by atoms with Gasteiger partial charge in [0, 0.05) is 43.3 Å². The standard InChI is InChI=1S/C47H73N3O5S2/c1-33(2)35-13-21-47(49-24-26-50-27-30-57(53,54)31-28-50)23-22-45(8)37(39(35)47)10-9-16-44(45,7)18-15-38-42(3,4)17-14-36(43(38,5)6)34-11-19-46(20-12-34,40(51)52)32-55-41-48-25-29-56-41/h11,14,25,29,35,37-39,49H,1,9-10,12-13,15-24,26-28,30-32H2,2-8H3,(H,51,52)/t35-,37+,38+,39+,44-,45+,46?,47-/m0/s1. The largest absolute Gasteiger partial charge is 0.481 e. The average Bonchev–Trinajstić information content (AvgIpc) is 3.81. The molecule has 0 radical (unpaired) electrons. The van der Waals surface area contributed by atoms with E-state index in [9.17, 15) is 18.3 Å². The molecule has 6 aliphatic rings. The summed E-state index contributed by atoms with van der Waals surface area (Å²) in [5, 5.41) is 17.0. The van der Waals surface area contributed by atoms with Gasteiger partial charge in [0.25, 0.3) is 5.19 Å². The lowest BCUT2D eigenvalue weighted by molar-refractivity contribution is -0.151. The van der Waals surface area contributed by atoms with Gasteiger partial charge in [0.05, 0.1) is 11.5 Å². The summed E-state index contributed by atoms with van der Waals surface area (Å²) < 4.78 is 30.1. The predicted molar refractivity (Wildman–Crippen MR) is 232 cm³/mol. The van der Waals surface area contributed by atoms with Gasteiger partial charge in [-0.1, -0.05) is 83.6 Å². The Hall–Kier alpha value is -2.01. The molecule has 0 amide bonds. The van der Waals surface area contributed by atoms with Crippen LogP contribution in [0.15, 0.2) is 47.0 Å². The Labute approximate surface area is 348 Å². The van der Waals surface area contributed by atoms with Gasteiger partial charge in [-0.15, -0.1) is 0 Å². The Kier molecular flexibility index (Phi) is 11.9. The second-order valence-corrected chi connectivity index (χ2v) is 24.5. The fourth-order valence-electron chi connectivity index (χ4n) is 13.8. The highest BCUT2D eigenvalue weighted by Crippen LogP contribution is 2.69. The number of rotatable bonds is 13. The van der Waals surface area contributed by atoms with Gasteiger partial charge in [-0.3, -0.25) is 4.79 Å². The van der Waals surface area contributed by atoms with Crippen molar-refractivity contribution in [2.45, 2.75) is 137 Å². The number of hydrogen-bond donors (Lipinski definition) is 2. The smallest absolute Gasteiger partial charge is 0.313 e. The summed E-state index contributed by atoms with van der Waals surface area (Å²) >= 11 is 1.40. The molecule has 3 saturated carbocycles. The molecule has 1 aromatic rings. The van der Waals surface area contributed by atoms with Crippen molar-refractivity contribution in [3.63, 3.8) is 0 Å². The van der Waals surface area contributed by atoms with Crippen molar-refractivity contribution in [2.24, 2.45) is 50.7 Å². The van der Waals surface area contributed by atoms with Crippen LogP contribution in [0.5, 0.6) is 5.19 Å². The van der Waals surface area contributed by atoms with Gasteiger partial charge in [-0.25, -0.2) is 13.4 Å². The van der Waals surface area contributed by atoms with Crippen molar-refractivity contribution in [1.82, 2.24) is 15.2 Å². The van der Waals surface area contributed by atoms with E-state index in [1.165, 1.54) is 85.8 Å². The van der Waals surface area contributed by atoms with E-state index in [-0.39, 0.29) is 33.8 Å². The highest BCUT2D eigenvalue weighted by molar-refractivity contribution is 7.91. The zero-order valence-electron chi connectivity index (χ0n) is 36.3. The summed E-state index contributed by atoms with van der Waals surface area (Å²) in [5.41, 5.74) is 4.00. The van der Waals surface area contributed by atoms with Crippen molar-refractivity contribution >= 4 is 27.1 Å². The van der Waals surface area contributed by atoms with Gasteiger partial charge in [-0.05, 0) is 140 Å². The number of carboxylic acids is 1. The summed E-state index contributed by atoms with van der Waals surface area (Å²) in [4.78, 5) is 19.2. The second kappa shape index (κ2) is 15.8. The summed E-state index contributed by atoms with van der Waals surface area (Å²) in [6, 6.07) is 0. The molecule has 0 bridgehead atoms. The zero-order chi connectivity index (χ0) is 41.1. The number of hydrogen-bond acceptors (Lipinski definition) is 8. The minimum Gasteiger partial charge on any atom is -0.481 e. The molecule has 5 aliphatic carbocycles. The first kappa shape index (κ1) is 43.1. The van der Waals surface area contributed by atoms with Crippen LogP contribution in [0, 0.1) is 50.7 Å². The molecule has 0 spiro atoms. The number of sulfone groups is 1. The Balaban J connectivity index is 1.06. The van der Waals surface area contributed by atoms with Gasteiger partial charge in [0.15, 0.2) is 9.84 Å². The van der Waals surface area contributed by atoms with E-state index in [0.717, 1.165) is 25.9 Å². The molecule has 57 heavy (non-hydrogen) atoms. The predicted octanol–water partition coefficient (Wildman–Crippen LogP) is 9.75. The quantitative estimate of drug-likeness (QED) is 0.190. The van der Waals surface area contributed by atoms with E-state index < -0.39 is 21.2 Å². The van der Waals surface area contributed by atoms with Crippen molar-refractivity contribution in [2.75, 3.05) is 44.3 Å². The number of nitrogens with one attached hydrogen (secondary N) is 1. The molecule has 1 unspecified atom stereocenters. The molecule has 318 valence electrons. The minimum absolute atomic E-state index is 0.0276. The highest BCUT2D eigenvalue weighted by Gasteiger charge is 2.64. The number of fused-ring (bicyclic) bond motifs is 3. The maximum absolute atomic E-state index is 12.7. The molecule has 10 heteroatoms. The molecular weight excluding hydrogens is 751 g/mol. The Morgan fingerprint density at radius 3 is 2.44 bits per heavy atom. The van der Waals surface area contributed by atoms with Crippen LogP contribution in [-0.2, 0) is 14.6 Å². The summed E-state index contributed by atoms with van der Waals surface area (Å²) in [5.74, 6) is 2.12. The van der Waals surface area contributed by atoms with Crippen LogP contribution in [0.2, 0.25) is 0 Å². The zero-order valence-corrected chi connectivity index (χ0v) is 37.9. The lowest BCUT2D eigenvalue weighted by atomic mass is 9.42. The molecule has 7 rings (SSSR count). The first-order valence-corrected chi connectivity index (χ1v) is 25.0. The number of nitrogens with zero attached hydrogens (tertiary/aromatic N) is 2. The lowest BCUT2D eigenvalue weighted by Crippen LogP contribution is -2.63. The maximum Gasteiger partial charge on any atom is 0.313 e. The molecule has 0 aromatic carbocycles. The van der Waals surface area contributed by atoms with E-state index in [2.05, 4.69) is 82.4 Å². The summed E-state index contributed by atoms with van der Waals surface area (Å²) in [7, 11) is -2.87. The van der Waals surface area contributed by atoms with E-state index in [1.807, 2.05) is 5.38 Å². The topological polar surface area (TPSA) is 109 Å². The molecule has 4 fully saturated rings. The van der Waals surface area contributed by atoms with Crippen molar-refractivity contribution in [3.8, 4) is 5.19 Å². The highest BCUT2D eigenvalue weighted by atomic mass is 32.2. The molecule has 8 nitrogen and oxygen atoms in total. The number of carboxylic acid groups (broad SMARTS) is 1. The van der Waals surface area contributed by atoms with Gasteiger partial charge in [0.1, 0.15) is 12.0 Å². The molecule has 1 saturated heterocycles. The average molecular weight is 824 g/mol. The summed E-state index contributed by atoms with van der Waals surface area (Å²) in [6.07, 6.45) is 20.5. The molecule has 1 aliphatic heterocycles. The fraction of sp³-hybridized carbons (Fsp3) is 0.787. The molecule has 2 N–H and O–H groups in total. The monoisotopic (exact) mass is 823 g/mol. The van der Waals surface area contributed by atoms with Crippen LogP contribution < -0.4 is 10.1 Å². The molecular formula is C47H73N3O5S2. The normalized spacial score (nSPS) is 38.6. The molecule has 1 aromatic heterocycles. The SMILES string of the molecule is C=C(C)[C@@H]1CC[C@]2(NCCN3CCS(=O)(=O)CC3)CC[C@]3(C)[C@H](CCC[C@@]3(C)CC[C@@H]3C(C)(C)CC=C(C4=CCC(COc5nccs5)(C(=O)O)CC4)C3(C)C)[C@@H]12. The molecule has 8 atom stereocenters. The van der Waals surface area contributed by atoms with Crippen LogP contribution in [0.25, 0.3) is 0 Å². The van der Waals surface area contributed by atoms with Crippen LogP contribution in [0.3, 0.4) is 0 Å². The van der Waals surface area contributed by atoms with Crippen LogP contribution >= 0.6 is 11.3 Å². The van der Waals surface area contributed by atoms with E-state index in [4.69, 9.17) is 4.74 Å². The van der Waals surface area contributed by atoms with Gasteiger partial charge in [0.2, 0.25) is 0 Å². The van der Waals surface area contributed by atoms with Crippen LogP contribution in [0.4, 0.5) is 0 Å². The Bertz CT molecular complexity index is 1820. The fourth-order valence-corrected chi connectivity index (χ4v) is 15.6. The number of thiazole rings is 1. The van der Waals surface area contributed by atoms with E-state index in [1.54, 1.807) is 6.20 Å². The first-order chi connectivity index (χ1) is 26.8. The van der Waals surface area contributed by atoms with Crippen LogP contribution in [-0.4, -0.2) is 79.2 Å². The summed E-state index contributed by atoms with van der Waals surface area (Å²) in [6.45, 7) is 25.5.